The summed E-state index contributed by atoms with van der Waals surface area (Å²) >= 11 is 0. The molecular weight excluding hydrogens is 470 g/mol. The molecule has 7 heteroatoms. The van der Waals surface area contributed by atoms with Gasteiger partial charge in [-0.3, -0.25) is 14.4 Å². The maximum Gasteiger partial charge on any atom is 0.303 e. The number of carboxylic acid groups (broad SMARTS) is 3. The van der Waals surface area contributed by atoms with Crippen molar-refractivity contribution in [2.75, 3.05) is 26.2 Å². The highest BCUT2D eigenvalue weighted by Gasteiger charge is 2.27. The second kappa shape index (κ2) is 24.4. The monoisotopic (exact) mass is 526 g/mol. The molecule has 0 aromatic heterocycles. The highest BCUT2D eigenvalue weighted by Crippen LogP contribution is 2.18. The molecule has 0 atom stereocenters. The maximum atomic E-state index is 11.0. The molecule has 37 heavy (non-hydrogen) atoms. The van der Waals surface area contributed by atoms with E-state index >= 15 is 0 Å². The fourth-order valence-electron chi connectivity index (χ4n) is 5.06. The summed E-state index contributed by atoms with van der Waals surface area (Å²) in [5, 5.41) is 27.2. The van der Waals surface area contributed by atoms with Gasteiger partial charge < -0.3 is 19.8 Å². The van der Waals surface area contributed by atoms with Gasteiger partial charge in [-0.1, -0.05) is 70.4 Å². The molecule has 0 unspecified atom stereocenters. The third kappa shape index (κ3) is 24.2. The Hall–Kier alpha value is -1.89. The Kier molecular flexibility index (Phi) is 23.2. The Balaban J connectivity index is 4.28. The van der Waals surface area contributed by atoms with Crippen LogP contribution in [0.5, 0.6) is 0 Å². The summed E-state index contributed by atoms with van der Waals surface area (Å²) in [6.45, 7) is 5.10. The molecule has 0 aliphatic rings. The largest absolute Gasteiger partial charge is 0.481 e. The molecule has 0 spiro atoms. The van der Waals surface area contributed by atoms with Gasteiger partial charge in [-0.15, -0.1) is 0 Å². The van der Waals surface area contributed by atoms with Crippen molar-refractivity contribution in [3.8, 4) is 0 Å². The van der Waals surface area contributed by atoms with Crippen LogP contribution in [0, 0.1) is 0 Å². The van der Waals surface area contributed by atoms with Crippen molar-refractivity contribution in [1.82, 2.24) is 0 Å². The molecule has 0 saturated carbocycles. The van der Waals surface area contributed by atoms with Gasteiger partial charge in [-0.05, 0) is 38.5 Å². The summed E-state index contributed by atoms with van der Waals surface area (Å²) in [5.74, 6) is -2.48. The summed E-state index contributed by atoms with van der Waals surface area (Å²) in [6, 6.07) is 0. The number of nitrogens with zero attached hydrogens (tertiary/aromatic N) is 1. The van der Waals surface area contributed by atoms with Gasteiger partial charge in [0.25, 0.3) is 0 Å². The van der Waals surface area contributed by atoms with Crippen LogP contribution in [0.1, 0.15) is 135 Å². The van der Waals surface area contributed by atoms with E-state index in [-0.39, 0.29) is 19.3 Å². The van der Waals surface area contributed by atoms with Gasteiger partial charge in [0.2, 0.25) is 0 Å². The van der Waals surface area contributed by atoms with Crippen LogP contribution in [-0.4, -0.2) is 63.9 Å². The molecule has 0 radical (unpaired) electrons. The number of quaternary nitrogens is 1. The zero-order valence-corrected chi connectivity index (χ0v) is 23.6. The first kappa shape index (κ1) is 35.1. The van der Waals surface area contributed by atoms with Gasteiger partial charge in [0, 0.05) is 19.3 Å². The minimum atomic E-state index is -0.826. The van der Waals surface area contributed by atoms with E-state index < -0.39 is 17.9 Å². The lowest BCUT2D eigenvalue weighted by Crippen LogP contribution is -2.51. The fraction of sp³-hybridized carbons (Fsp3) is 0.833. The van der Waals surface area contributed by atoms with Gasteiger partial charge in [0.15, 0.2) is 0 Å². The molecule has 0 aliphatic heterocycles. The van der Waals surface area contributed by atoms with Crippen LogP contribution in [0.2, 0.25) is 0 Å². The Morgan fingerprint density at radius 3 is 1.19 bits per heavy atom. The van der Waals surface area contributed by atoms with Crippen LogP contribution in [-0.2, 0) is 14.4 Å². The first-order chi connectivity index (χ1) is 17.8. The molecule has 0 aromatic rings. The van der Waals surface area contributed by atoms with Crippen molar-refractivity contribution in [2.24, 2.45) is 0 Å². The van der Waals surface area contributed by atoms with Crippen molar-refractivity contribution < 1.29 is 34.2 Å². The average Bonchev–Trinajstić information content (AvgIpc) is 2.83. The summed E-state index contributed by atoms with van der Waals surface area (Å²) < 4.78 is 0.640. The molecule has 0 heterocycles. The predicted molar refractivity (Wildman–Crippen MR) is 150 cm³/mol. The number of carboxylic acids is 3. The molecule has 0 aromatic carbocycles. The van der Waals surface area contributed by atoms with E-state index in [2.05, 4.69) is 19.1 Å². The SMILES string of the molecule is CCCCC/C=C/CCCCCCCCCCC[N+](CCCC(=O)O)(CCCC(=O)O)CCCC(=O)O. The van der Waals surface area contributed by atoms with Gasteiger partial charge in [0.1, 0.15) is 0 Å². The summed E-state index contributed by atoms with van der Waals surface area (Å²) in [4.78, 5) is 33.1. The predicted octanol–water partition coefficient (Wildman–Crippen LogP) is 7.44. The Morgan fingerprint density at radius 1 is 0.486 bits per heavy atom. The zero-order chi connectivity index (χ0) is 27.6. The van der Waals surface area contributed by atoms with Gasteiger partial charge in [-0.2, -0.15) is 0 Å². The normalized spacial score (nSPS) is 11.8. The number of allylic oxidation sites excluding steroid dienone is 2. The summed E-state index contributed by atoms with van der Waals surface area (Å²) in [6.07, 6.45) is 23.9. The molecule has 0 rings (SSSR count). The lowest BCUT2D eigenvalue weighted by Gasteiger charge is -2.39. The van der Waals surface area contributed by atoms with Gasteiger partial charge in [0.05, 0.1) is 45.4 Å². The summed E-state index contributed by atoms with van der Waals surface area (Å²) in [5.41, 5.74) is 0. The number of rotatable bonds is 28. The number of aliphatic carboxylic acids is 3. The number of hydrogen-bond donors (Lipinski definition) is 3. The molecular formula is C30H56NO6+. The third-order valence-corrected chi connectivity index (χ3v) is 7.21. The van der Waals surface area contributed by atoms with E-state index in [1.165, 1.54) is 77.0 Å². The molecule has 216 valence electrons. The first-order valence-electron chi connectivity index (χ1n) is 15.0. The van der Waals surface area contributed by atoms with Crippen LogP contribution in [0.4, 0.5) is 0 Å². The quantitative estimate of drug-likeness (QED) is 0.0555. The highest BCUT2D eigenvalue weighted by molar-refractivity contribution is 5.67. The van der Waals surface area contributed by atoms with E-state index in [0.717, 1.165) is 19.4 Å². The van der Waals surface area contributed by atoms with Crippen LogP contribution in [0.25, 0.3) is 0 Å². The second-order valence-corrected chi connectivity index (χ2v) is 10.7. The maximum absolute atomic E-state index is 11.0. The first-order valence-corrected chi connectivity index (χ1v) is 15.0. The lowest BCUT2D eigenvalue weighted by molar-refractivity contribution is -0.929. The fourth-order valence-corrected chi connectivity index (χ4v) is 5.06. The highest BCUT2D eigenvalue weighted by atomic mass is 16.4. The molecule has 7 nitrogen and oxygen atoms in total. The topological polar surface area (TPSA) is 112 Å². The van der Waals surface area contributed by atoms with Crippen LogP contribution in [0.15, 0.2) is 12.2 Å². The third-order valence-electron chi connectivity index (χ3n) is 7.21. The number of unbranched alkanes of at least 4 members (excludes halogenated alkanes) is 12. The van der Waals surface area contributed by atoms with Crippen molar-refractivity contribution >= 4 is 17.9 Å². The van der Waals surface area contributed by atoms with Crippen LogP contribution in [0.3, 0.4) is 0 Å². The second-order valence-electron chi connectivity index (χ2n) is 10.7. The van der Waals surface area contributed by atoms with Gasteiger partial charge in [-0.25, -0.2) is 0 Å². The average molecular weight is 527 g/mol. The van der Waals surface area contributed by atoms with E-state index in [0.29, 0.717) is 43.4 Å². The van der Waals surface area contributed by atoms with Crippen molar-refractivity contribution in [3.63, 3.8) is 0 Å². The Morgan fingerprint density at radius 2 is 0.811 bits per heavy atom. The van der Waals surface area contributed by atoms with Crippen LogP contribution < -0.4 is 0 Å². The van der Waals surface area contributed by atoms with E-state index in [1.807, 2.05) is 0 Å². The van der Waals surface area contributed by atoms with E-state index in [9.17, 15) is 14.4 Å². The number of carbonyl (C=O) groups is 3. The number of hydrogen-bond acceptors (Lipinski definition) is 3. The van der Waals surface area contributed by atoms with Gasteiger partial charge >= 0.3 is 17.9 Å². The smallest absolute Gasteiger partial charge is 0.303 e. The molecule has 0 aliphatic carbocycles. The zero-order valence-electron chi connectivity index (χ0n) is 23.6. The molecule has 0 amide bonds. The molecule has 0 fully saturated rings. The molecule has 3 N–H and O–H groups in total. The minimum absolute atomic E-state index is 0.0904. The minimum Gasteiger partial charge on any atom is -0.481 e. The van der Waals surface area contributed by atoms with E-state index in [1.54, 1.807) is 0 Å². The van der Waals surface area contributed by atoms with Crippen molar-refractivity contribution in [3.05, 3.63) is 12.2 Å². The lowest BCUT2D eigenvalue weighted by atomic mass is 10.0. The van der Waals surface area contributed by atoms with Crippen LogP contribution >= 0.6 is 0 Å². The standard InChI is InChI=1S/C30H55NO6/c1-2-3-4-5-6-7-8-9-10-11-12-13-14-15-16-17-24-31(25-18-21-28(32)33,26-19-22-29(34)35)27-20-23-30(36)37/h6-7H,2-5,8-27H2,1H3,(H2-,32,33,34,35,36,37)/p+1/b7-6+. The van der Waals surface area contributed by atoms with Crippen molar-refractivity contribution in [1.29, 1.82) is 0 Å². The Labute approximate surface area is 225 Å². The van der Waals surface area contributed by atoms with Crippen molar-refractivity contribution in [2.45, 2.75) is 135 Å². The summed E-state index contributed by atoms with van der Waals surface area (Å²) in [7, 11) is 0. The molecule has 0 saturated heterocycles. The molecule has 0 bridgehead atoms. The Bertz CT molecular complexity index is 569. The van der Waals surface area contributed by atoms with E-state index in [4.69, 9.17) is 15.3 Å².